The maximum atomic E-state index is 2.60. The molecule has 1 aliphatic rings. The standard InChI is InChI=1S/C34H60N2/c1-3-5-7-9-11-13-15-17-19-21-26-30-36-32-31-35(34(36)33-27-23-22-24-28-33)29-25-20-18-16-14-12-10-8-6-4-2/h22-24,27-28,31-32,34H,3-21,25-26,29-30H2,1-2H3. The number of benzene rings is 1. The topological polar surface area (TPSA) is 6.48 Å². The van der Waals surface area contributed by atoms with Gasteiger partial charge in [-0.1, -0.05) is 166 Å². The van der Waals surface area contributed by atoms with Gasteiger partial charge in [-0.05, 0) is 18.4 Å². The highest BCUT2D eigenvalue weighted by Gasteiger charge is 2.26. The zero-order valence-corrected chi connectivity index (χ0v) is 24.3. The van der Waals surface area contributed by atoms with E-state index < -0.39 is 0 Å². The average molecular weight is 497 g/mol. The third-order valence-electron chi connectivity index (χ3n) is 7.97. The fourth-order valence-corrected chi connectivity index (χ4v) is 5.67. The van der Waals surface area contributed by atoms with Gasteiger partial charge in [0, 0.05) is 25.5 Å². The maximum absolute atomic E-state index is 2.60. The Balaban J connectivity index is 1.60. The Morgan fingerprint density at radius 2 is 0.778 bits per heavy atom. The Labute approximate surface area is 225 Å². The van der Waals surface area contributed by atoms with Gasteiger partial charge in [-0.3, -0.25) is 0 Å². The molecule has 0 radical (unpaired) electrons. The van der Waals surface area contributed by atoms with Crippen molar-refractivity contribution < 1.29 is 0 Å². The normalized spacial score (nSPS) is 15.3. The highest BCUT2D eigenvalue weighted by molar-refractivity contribution is 5.21. The van der Waals surface area contributed by atoms with Gasteiger partial charge in [0.1, 0.15) is 6.17 Å². The van der Waals surface area contributed by atoms with Crippen molar-refractivity contribution in [2.45, 2.75) is 155 Å². The molecule has 1 aromatic rings. The van der Waals surface area contributed by atoms with Gasteiger partial charge in [0.15, 0.2) is 0 Å². The zero-order valence-electron chi connectivity index (χ0n) is 24.3. The Bertz CT molecular complexity index is 625. The monoisotopic (exact) mass is 496 g/mol. The van der Waals surface area contributed by atoms with E-state index in [1.807, 2.05) is 0 Å². The molecule has 206 valence electrons. The van der Waals surface area contributed by atoms with Crippen LogP contribution in [0.15, 0.2) is 42.7 Å². The van der Waals surface area contributed by atoms with Crippen molar-refractivity contribution in [3.63, 3.8) is 0 Å². The first kappa shape index (κ1) is 30.8. The molecule has 1 aromatic carbocycles. The Morgan fingerprint density at radius 3 is 1.14 bits per heavy atom. The van der Waals surface area contributed by atoms with Crippen molar-refractivity contribution in [3.8, 4) is 0 Å². The minimum Gasteiger partial charge on any atom is -0.352 e. The van der Waals surface area contributed by atoms with Crippen molar-refractivity contribution in [3.05, 3.63) is 48.3 Å². The van der Waals surface area contributed by atoms with Gasteiger partial charge < -0.3 is 9.80 Å². The molecule has 36 heavy (non-hydrogen) atoms. The number of nitrogens with zero attached hydrogens (tertiary/aromatic N) is 2. The van der Waals surface area contributed by atoms with Crippen LogP contribution in [-0.4, -0.2) is 22.9 Å². The second-order valence-electron chi connectivity index (χ2n) is 11.3. The van der Waals surface area contributed by atoms with Gasteiger partial charge in [0.05, 0.1) is 0 Å². The summed E-state index contributed by atoms with van der Waals surface area (Å²) < 4.78 is 0. The lowest BCUT2D eigenvalue weighted by Crippen LogP contribution is -2.32. The van der Waals surface area contributed by atoms with Crippen molar-refractivity contribution in [1.29, 1.82) is 0 Å². The first-order chi connectivity index (χ1) is 17.9. The van der Waals surface area contributed by atoms with E-state index in [-0.39, 0.29) is 0 Å². The molecule has 0 aromatic heterocycles. The molecular formula is C34H60N2. The van der Waals surface area contributed by atoms with Gasteiger partial charge in [0.2, 0.25) is 0 Å². The Morgan fingerprint density at radius 1 is 0.444 bits per heavy atom. The summed E-state index contributed by atoms with van der Waals surface area (Å²) >= 11 is 0. The lowest BCUT2D eigenvalue weighted by molar-refractivity contribution is 0.149. The fraction of sp³-hybridized carbons (Fsp3) is 0.765. The summed E-state index contributed by atoms with van der Waals surface area (Å²) in [5.74, 6) is 0. The highest BCUT2D eigenvalue weighted by atomic mass is 15.4. The summed E-state index contributed by atoms with van der Waals surface area (Å²) in [7, 11) is 0. The van der Waals surface area contributed by atoms with Crippen LogP contribution in [0.5, 0.6) is 0 Å². The summed E-state index contributed by atoms with van der Waals surface area (Å²) in [6.45, 7) is 6.97. The molecule has 2 heteroatoms. The van der Waals surface area contributed by atoms with Gasteiger partial charge in [-0.15, -0.1) is 0 Å². The minimum atomic E-state index is 0.396. The van der Waals surface area contributed by atoms with E-state index in [0.717, 1.165) is 0 Å². The lowest BCUT2D eigenvalue weighted by Gasteiger charge is -2.33. The third kappa shape index (κ3) is 13.8. The van der Waals surface area contributed by atoms with Crippen LogP contribution in [0.1, 0.15) is 160 Å². The molecule has 0 fully saturated rings. The molecule has 2 nitrogen and oxygen atoms in total. The first-order valence-electron chi connectivity index (χ1n) is 16.1. The SMILES string of the molecule is CCCCCCCCCCCCCN1C=CN(CCCCCCCCCCCC)C1c1ccccc1. The maximum Gasteiger partial charge on any atom is 0.127 e. The van der Waals surface area contributed by atoms with Crippen LogP contribution < -0.4 is 0 Å². The van der Waals surface area contributed by atoms with Gasteiger partial charge in [-0.25, -0.2) is 0 Å². The molecule has 2 rings (SSSR count). The van der Waals surface area contributed by atoms with Gasteiger partial charge in [0.25, 0.3) is 0 Å². The van der Waals surface area contributed by atoms with E-state index in [4.69, 9.17) is 0 Å². The van der Waals surface area contributed by atoms with E-state index in [2.05, 4.69) is 66.4 Å². The van der Waals surface area contributed by atoms with Crippen molar-refractivity contribution in [2.75, 3.05) is 13.1 Å². The smallest absolute Gasteiger partial charge is 0.127 e. The predicted molar refractivity (Wildman–Crippen MR) is 160 cm³/mol. The molecule has 0 amide bonds. The van der Waals surface area contributed by atoms with Crippen molar-refractivity contribution >= 4 is 0 Å². The summed E-state index contributed by atoms with van der Waals surface area (Å²) in [6.07, 6.45) is 34.7. The van der Waals surface area contributed by atoms with Crippen LogP contribution in [0.25, 0.3) is 0 Å². The van der Waals surface area contributed by atoms with E-state index in [9.17, 15) is 0 Å². The summed E-state index contributed by atoms with van der Waals surface area (Å²) in [5, 5.41) is 0. The second-order valence-corrected chi connectivity index (χ2v) is 11.3. The van der Waals surface area contributed by atoms with Crippen LogP contribution in [-0.2, 0) is 0 Å². The zero-order chi connectivity index (χ0) is 25.5. The quantitative estimate of drug-likeness (QED) is 0.131. The molecule has 0 N–H and O–H groups in total. The van der Waals surface area contributed by atoms with Crippen molar-refractivity contribution in [1.82, 2.24) is 9.80 Å². The first-order valence-corrected chi connectivity index (χ1v) is 16.1. The van der Waals surface area contributed by atoms with E-state index >= 15 is 0 Å². The molecule has 0 bridgehead atoms. The van der Waals surface area contributed by atoms with Crippen LogP contribution in [0.4, 0.5) is 0 Å². The molecule has 0 aliphatic carbocycles. The molecule has 0 saturated heterocycles. The lowest BCUT2D eigenvalue weighted by atomic mass is 10.1. The largest absolute Gasteiger partial charge is 0.352 e. The van der Waals surface area contributed by atoms with Crippen LogP contribution in [0.2, 0.25) is 0 Å². The third-order valence-corrected chi connectivity index (χ3v) is 7.97. The molecule has 1 heterocycles. The number of rotatable bonds is 24. The van der Waals surface area contributed by atoms with E-state index in [1.165, 1.54) is 153 Å². The summed E-state index contributed by atoms with van der Waals surface area (Å²) in [5.41, 5.74) is 1.44. The molecule has 1 aliphatic heterocycles. The highest BCUT2D eigenvalue weighted by Crippen LogP contribution is 2.31. The number of unbranched alkanes of at least 4 members (excludes halogenated alkanes) is 19. The van der Waals surface area contributed by atoms with Crippen LogP contribution in [0.3, 0.4) is 0 Å². The Kier molecular flexibility index (Phi) is 18.5. The number of hydrogen-bond donors (Lipinski definition) is 0. The molecule has 0 spiro atoms. The van der Waals surface area contributed by atoms with Gasteiger partial charge in [-0.2, -0.15) is 0 Å². The summed E-state index contributed by atoms with van der Waals surface area (Å²) in [4.78, 5) is 5.19. The van der Waals surface area contributed by atoms with Gasteiger partial charge >= 0.3 is 0 Å². The number of hydrogen-bond acceptors (Lipinski definition) is 2. The van der Waals surface area contributed by atoms with E-state index in [0.29, 0.717) is 6.17 Å². The van der Waals surface area contributed by atoms with Crippen LogP contribution in [0, 0.1) is 0 Å². The van der Waals surface area contributed by atoms with E-state index in [1.54, 1.807) is 0 Å². The molecular weight excluding hydrogens is 436 g/mol. The van der Waals surface area contributed by atoms with Crippen LogP contribution >= 0.6 is 0 Å². The molecule has 0 saturated carbocycles. The average Bonchev–Trinajstić information content (AvgIpc) is 3.31. The Hall–Kier alpha value is -1.44. The fourth-order valence-electron chi connectivity index (χ4n) is 5.67. The molecule has 1 unspecified atom stereocenters. The predicted octanol–water partition coefficient (Wildman–Crippen LogP) is 11.0. The minimum absolute atomic E-state index is 0.396. The second kappa shape index (κ2) is 21.6. The molecule has 1 atom stereocenters. The van der Waals surface area contributed by atoms with Crippen molar-refractivity contribution in [2.24, 2.45) is 0 Å². The summed E-state index contributed by atoms with van der Waals surface area (Å²) in [6, 6.07) is 11.2.